The van der Waals surface area contributed by atoms with E-state index in [1.54, 1.807) is 0 Å². The predicted octanol–water partition coefficient (Wildman–Crippen LogP) is 4.07. The van der Waals surface area contributed by atoms with E-state index in [1.807, 2.05) is 0 Å². The normalized spacial score (nSPS) is 12.2. The quantitative estimate of drug-likeness (QED) is 0.438. The first-order chi connectivity index (χ1) is 9.99. The van der Waals surface area contributed by atoms with Gasteiger partial charge in [0.05, 0.1) is 17.9 Å². The average molecular weight is 396 g/mol. The fourth-order valence-electron chi connectivity index (χ4n) is 1.43. The predicted molar refractivity (Wildman–Crippen MR) is 64.5 cm³/mol. The fourth-order valence-corrected chi connectivity index (χ4v) is 1.86. The summed E-state index contributed by atoms with van der Waals surface area (Å²) < 4.78 is 83.2. The Morgan fingerprint density at radius 3 is 2.27 bits per heavy atom. The molecule has 0 aliphatic carbocycles. The number of hydrogen-bond donors (Lipinski definition) is 0. The number of ether oxygens (including phenoxy) is 2. The second kappa shape index (κ2) is 6.71. The maximum atomic E-state index is 12.8. The molecule has 124 valence electrons. The van der Waals surface area contributed by atoms with E-state index in [9.17, 15) is 31.1 Å². The van der Waals surface area contributed by atoms with E-state index in [4.69, 9.17) is 0 Å². The van der Waals surface area contributed by atoms with Gasteiger partial charge in [0.1, 0.15) is 0 Å². The summed E-state index contributed by atoms with van der Waals surface area (Å²) in [6.07, 6.45) is -10.3. The van der Waals surface area contributed by atoms with E-state index in [2.05, 4.69) is 30.4 Å². The van der Waals surface area contributed by atoms with E-state index < -0.39 is 46.5 Å². The highest BCUT2D eigenvalue weighted by Gasteiger charge is 2.39. The minimum atomic E-state index is -5.29. The largest absolute Gasteiger partial charge is 0.573 e. The summed E-state index contributed by atoms with van der Waals surface area (Å²) in [4.78, 5) is 14.8. The molecule has 0 bridgehead atoms. The van der Waals surface area contributed by atoms with E-state index in [0.29, 0.717) is 0 Å². The molecular weight excluding hydrogens is 388 g/mol. The highest BCUT2D eigenvalue weighted by atomic mass is 79.9. The number of carbonyl (C=O) groups excluding carboxylic acids is 1. The maximum Gasteiger partial charge on any atom is 0.573 e. The van der Waals surface area contributed by atoms with Gasteiger partial charge in [-0.1, -0.05) is 15.9 Å². The Morgan fingerprint density at radius 1 is 1.27 bits per heavy atom. The lowest BCUT2D eigenvalue weighted by Crippen LogP contribution is -2.22. The molecule has 0 aliphatic rings. The molecular formula is C11H8BrF6NO3. The van der Waals surface area contributed by atoms with Crippen LogP contribution in [0.15, 0.2) is 6.07 Å². The molecule has 11 heteroatoms. The molecule has 0 unspecified atom stereocenters. The molecule has 0 amide bonds. The number of hydrogen-bond acceptors (Lipinski definition) is 4. The zero-order chi connectivity index (χ0) is 17.1. The fraction of sp³-hybridized carbons (Fsp3) is 0.455. The van der Waals surface area contributed by atoms with Gasteiger partial charge in [0, 0.05) is 5.33 Å². The van der Waals surface area contributed by atoms with Crippen molar-refractivity contribution in [1.29, 1.82) is 0 Å². The number of pyridine rings is 1. The Balaban J connectivity index is 3.50. The molecule has 1 aromatic heterocycles. The molecule has 0 saturated carbocycles. The Morgan fingerprint density at radius 2 is 1.86 bits per heavy atom. The van der Waals surface area contributed by atoms with Gasteiger partial charge < -0.3 is 9.47 Å². The second-order valence-electron chi connectivity index (χ2n) is 3.73. The van der Waals surface area contributed by atoms with Crippen molar-refractivity contribution in [2.75, 3.05) is 6.61 Å². The van der Waals surface area contributed by atoms with Crippen LogP contribution in [0.4, 0.5) is 26.3 Å². The van der Waals surface area contributed by atoms with Crippen molar-refractivity contribution in [3.05, 3.63) is 23.0 Å². The zero-order valence-electron chi connectivity index (χ0n) is 10.8. The molecule has 1 heterocycles. The number of carbonyl (C=O) groups is 1. The molecule has 0 radical (unpaired) electrons. The topological polar surface area (TPSA) is 48.4 Å². The van der Waals surface area contributed by atoms with Gasteiger partial charge in [-0.25, -0.2) is 9.78 Å². The molecule has 22 heavy (non-hydrogen) atoms. The van der Waals surface area contributed by atoms with Crippen molar-refractivity contribution in [3.8, 4) is 5.75 Å². The third-order valence-electron chi connectivity index (χ3n) is 2.19. The lowest BCUT2D eigenvalue weighted by atomic mass is 10.1. The van der Waals surface area contributed by atoms with Gasteiger partial charge in [0.2, 0.25) is 0 Å². The molecule has 0 fully saturated rings. The van der Waals surface area contributed by atoms with Crippen molar-refractivity contribution >= 4 is 21.9 Å². The first kappa shape index (κ1) is 18.5. The van der Waals surface area contributed by atoms with Gasteiger partial charge in [-0.05, 0) is 13.0 Å². The van der Waals surface area contributed by atoms with E-state index >= 15 is 0 Å². The number of halogens is 7. The monoisotopic (exact) mass is 395 g/mol. The molecule has 0 atom stereocenters. The van der Waals surface area contributed by atoms with Gasteiger partial charge in [-0.15, -0.1) is 13.2 Å². The van der Waals surface area contributed by atoms with Crippen LogP contribution in [0.25, 0.3) is 0 Å². The van der Waals surface area contributed by atoms with Crippen molar-refractivity contribution in [2.24, 2.45) is 0 Å². The number of nitrogens with zero attached hydrogens (tertiary/aromatic N) is 1. The Hall–Kier alpha value is -1.52. The Labute approximate surface area is 128 Å². The molecule has 4 nitrogen and oxygen atoms in total. The molecule has 0 aromatic carbocycles. The molecule has 0 spiro atoms. The second-order valence-corrected chi connectivity index (χ2v) is 4.29. The summed E-state index contributed by atoms with van der Waals surface area (Å²) in [6, 6.07) is 0.0728. The number of alkyl halides is 7. The summed E-state index contributed by atoms with van der Waals surface area (Å²) in [5.41, 5.74) is -3.09. The highest BCUT2D eigenvalue weighted by molar-refractivity contribution is 9.08. The standard InChI is InChI=1S/C11H8BrF6NO3/c1-2-21-9(20)8-7(22-11(16,17)18)3-5(10(13,14)15)6(4-12)19-8/h3H,2,4H2,1H3. The number of rotatable bonds is 4. The summed E-state index contributed by atoms with van der Waals surface area (Å²) >= 11 is 2.73. The minimum absolute atomic E-state index is 0.0728. The Kier molecular flexibility index (Phi) is 5.65. The lowest BCUT2D eigenvalue weighted by molar-refractivity contribution is -0.275. The van der Waals surface area contributed by atoms with Crippen LogP contribution in [0.2, 0.25) is 0 Å². The molecule has 1 rings (SSSR count). The van der Waals surface area contributed by atoms with Crippen molar-refractivity contribution in [3.63, 3.8) is 0 Å². The van der Waals surface area contributed by atoms with Crippen LogP contribution in [-0.4, -0.2) is 23.9 Å². The molecule has 1 aromatic rings. The van der Waals surface area contributed by atoms with Gasteiger partial charge in [0.25, 0.3) is 0 Å². The van der Waals surface area contributed by atoms with Crippen molar-refractivity contribution in [2.45, 2.75) is 24.8 Å². The van der Waals surface area contributed by atoms with Crippen molar-refractivity contribution < 1.29 is 40.6 Å². The smallest absolute Gasteiger partial charge is 0.461 e. The third kappa shape index (κ3) is 4.75. The summed E-state index contributed by atoms with van der Waals surface area (Å²) in [5, 5.41) is -0.430. The first-order valence-electron chi connectivity index (χ1n) is 5.59. The summed E-state index contributed by atoms with van der Waals surface area (Å²) in [5.74, 6) is -2.69. The lowest BCUT2D eigenvalue weighted by Gasteiger charge is -2.17. The van der Waals surface area contributed by atoms with E-state index in [-0.39, 0.29) is 12.7 Å². The zero-order valence-corrected chi connectivity index (χ0v) is 12.4. The van der Waals surface area contributed by atoms with Crippen LogP contribution >= 0.6 is 15.9 Å². The Bertz CT molecular complexity index is 558. The first-order valence-corrected chi connectivity index (χ1v) is 6.71. The highest BCUT2D eigenvalue weighted by Crippen LogP contribution is 2.37. The minimum Gasteiger partial charge on any atom is -0.461 e. The van der Waals surface area contributed by atoms with Gasteiger partial charge >= 0.3 is 18.5 Å². The van der Waals surface area contributed by atoms with E-state index in [0.717, 1.165) is 0 Å². The average Bonchev–Trinajstić information content (AvgIpc) is 2.35. The van der Waals surface area contributed by atoms with Crippen molar-refractivity contribution in [1.82, 2.24) is 4.98 Å². The molecule has 0 saturated heterocycles. The van der Waals surface area contributed by atoms with Crippen LogP contribution < -0.4 is 4.74 Å². The van der Waals surface area contributed by atoms with Crippen LogP contribution in [0.3, 0.4) is 0 Å². The van der Waals surface area contributed by atoms with Gasteiger partial charge in [0.15, 0.2) is 11.4 Å². The summed E-state index contributed by atoms with van der Waals surface area (Å²) in [6.45, 7) is 1.17. The van der Waals surface area contributed by atoms with Crippen LogP contribution in [0.1, 0.15) is 28.7 Å². The van der Waals surface area contributed by atoms with Crippen LogP contribution in [-0.2, 0) is 16.2 Å². The van der Waals surface area contributed by atoms with E-state index in [1.165, 1.54) is 6.92 Å². The van der Waals surface area contributed by atoms with Gasteiger partial charge in [-0.3, -0.25) is 0 Å². The van der Waals surface area contributed by atoms with Crippen LogP contribution in [0, 0.1) is 0 Å². The molecule has 0 aliphatic heterocycles. The number of aromatic nitrogens is 1. The SMILES string of the molecule is CCOC(=O)c1nc(CBr)c(C(F)(F)F)cc1OC(F)(F)F. The third-order valence-corrected chi connectivity index (χ3v) is 2.72. The van der Waals surface area contributed by atoms with Gasteiger partial charge in [-0.2, -0.15) is 13.2 Å². The van der Waals surface area contributed by atoms with Crippen LogP contribution in [0.5, 0.6) is 5.75 Å². The number of esters is 1. The maximum absolute atomic E-state index is 12.8. The summed E-state index contributed by atoms with van der Waals surface area (Å²) in [7, 11) is 0. The molecule has 0 N–H and O–H groups in total.